The molecule has 2 N–H and O–H groups in total. The maximum absolute atomic E-state index is 6.30. The van der Waals surface area contributed by atoms with E-state index in [0.29, 0.717) is 5.69 Å². The van der Waals surface area contributed by atoms with Crippen molar-refractivity contribution in [3.63, 3.8) is 0 Å². The summed E-state index contributed by atoms with van der Waals surface area (Å²) in [4.78, 5) is 12.9. The minimum atomic E-state index is 0.638. The first-order valence-electron chi connectivity index (χ1n) is 7.70. The summed E-state index contributed by atoms with van der Waals surface area (Å²) in [6.07, 6.45) is 3.86. The lowest BCUT2D eigenvalue weighted by Gasteiger charge is -2.24. The molecular weight excluding hydrogens is 274 g/mol. The van der Waals surface area contributed by atoms with Crippen molar-refractivity contribution in [2.75, 3.05) is 36.2 Å². The molecule has 0 spiro atoms. The Balaban J connectivity index is 2.17. The van der Waals surface area contributed by atoms with Crippen LogP contribution in [0.5, 0.6) is 0 Å². The number of nitrogens with two attached hydrogens (primary N) is 1. The molecule has 0 saturated carbocycles. The molecule has 1 aromatic carbocycles. The van der Waals surface area contributed by atoms with E-state index in [0.717, 1.165) is 37.6 Å². The van der Waals surface area contributed by atoms with Crippen LogP contribution in [-0.2, 0) is 6.54 Å². The van der Waals surface area contributed by atoms with Gasteiger partial charge in [0.1, 0.15) is 12.0 Å². The Labute approximate surface area is 132 Å². The maximum Gasteiger partial charge on any atom is 0.157 e. The van der Waals surface area contributed by atoms with E-state index in [1.165, 1.54) is 5.56 Å². The second-order valence-corrected chi connectivity index (χ2v) is 5.55. The quantitative estimate of drug-likeness (QED) is 0.852. The van der Waals surface area contributed by atoms with Gasteiger partial charge in [-0.05, 0) is 12.0 Å². The van der Waals surface area contributed by atoms with Crippen LogP contribution >= 0.6 is 0 Å². The Bertz CT molecular complexity index is 585. The highest BCUT2D eigenvalue weighted by Gasteiger charge is 2.15. The molecular formula is C17H25N5. The van der Waals surface area contributed by atoms with Gasteiger partial charge < -0.3 is 15.5 Å². The Kier molecular flexibility index (Phi) is 5.58. The van der Waals surface area contributed by atoms with Crippen molar-refractivity contribution in [3.8, 4) is 0 Å². The summed E-state index contributed by atoms with van der Waals surface area (Å²) >= 11 is 0. The fourth-order valence-corrected chi connectivity index (χ4v) is 2.42. The van der Waals surface area contributed by atoms with Crippen molar-refractivity contribution in [1.82, 2.24) is 9.97 Å². The van der Waals surface area contributed by atoms with Crippen LogP contribution in [0.2, 0.25) is 0 Å². The first-order chi connectivity index (χ1) is 10.6. The van der Waals surface area contributed by atoms with Crippen LogP contribution in [-0.4, -0.2) is 30.6 Å². The van der Waals surface area contributed by atoms with Crippen molar-refractivity contribution >= 4 is 17.3 Å². The SMILES string of the molecule is CCCCN(C)c1ncnc(N(C)Cc2ccccc2)c1N. The number of hydrogen-bond donors (Lipinski definition) is 1. The highest BCUT2D eigenvalue weighted by Crippen LogP contribution is 2.28. The second kappa shape index (κ2) is 7.64. The summed E-state index contributed by atoms with van der Waals surface area (Å²) < 4.78 is 0. The van der Waals surface area contributed by atoms with Crippen LogP contribution in [0.15, 0.2) is 36.7 Å². The molecule has 2 aromatic rings. The number of hydrogen-bond acceptors (Lipinski definition) is 5. The zero-order chi connectivity index (χ0) is 15.9. The Hall–Kier alpha value is -2.30. The van der Waals surface area contributed by atoms with E-state index in [-0.39, 0.29) is 0 Å². The van der Waals surface area contributed by atoms with E-state index in [4.69, 9.17) is 5.73 Å². The zero-order valence-electron chi connectivity index (χ0n) is 13.7. The van der Waals surface area contributed by atoms with Crippen LogP contribution in [0.4, 0.5) is 17.3 Å². The minimum Gasteiger partial charge on any atom is -0.393 e. The van der Waals surface area contributed by atoms with E-state index < -0.39 is 0 Å². The molecule has 22 heavy (non-hydrogen) atoms. The molecule has 118 valence electrons. The number of unbranched alkanes of at least 4 members (excludes halogenated alkanes) is 1. The molecule has 1 heterocycles. The fourth-order valence-electron chi connectivity index (χ4n) is 2.42. The summed E-state index contributed by atoms with van der Waals surface area (Å²) in [5.74, 6) is 1.58. The Morgan fingerprint density at radius 1 is 1.00 bits per heavy atom. The second-order valence-electron chi connectivity index (χ2n) is 5.55. The minimum absolute atomic E-state index is 0.638. The molecule has 0 unspecified atom stereocenters. The lowest BCUT2D eigenvalue weighted by Crippen LogP contribution is -2.24. The van der Waals surface area contributed by atoms with E-state index in [1.807, 2.05) is 32.3 Å². The largest absolute Gasteiger partial charge is 0.393 e. The molecule has 1 aromatic heterocycles. The Morgan fingerprint density at radius 2 is 1.64 bits per heavy atom. The van der Waals surface area contributed by atoms with Gasteiger partial charge in [0.05, 0.1) is 0 Å². The standard InChI is InChI=1S/C17H25N5/c1-4-5-11-21(2)16-15(18)17(20-13-19-16)22(3)12-14-9-7-6-8-10-14/h6-10,13H,4-5,11-12,18H2,1-3H3. The number of nitrogens with zero attached hydrogens (tertiary/aromatic N) is 4. The predicted octanol–water partition coefficient (Wildman–Crippen LogP) is 2.93. The average molecular weight is 299 g/mol. The van der Waals surface area contributed by atoms with Gasteiger partial charge in [-0.1, -0.05) is 43.7 Å². The van der Waals surface area contributed by atoms with E-state index in [1.54, 1.807) is 6.33 Å². The lowest BCUT2D eigenvalue weighted by atomic mass is 10.2. The molecule has 0 aliphatic carbocycles. The van der Waals surface area contributed by atoms with Crippen LogP contribution in [0.25, 0.3) is 0 Å². The smallest absolute Gasteiger partial charge is 0.157 e. The molecule has 0 radical (unpaired) electrons. The molecule has 2 rings (SSSR count). The molecule has 0 saturated heterocycles. The topological polar surface area (TPSA) is 58.3 Å². The van der Waals surface area contributed by atoms with Crippen molar-refractivity contribution < 1.29 is 0 Å². The number of benzene rings is 1. The molecule has 0 aliphatic heterocycles. The molecule has 0 bridgehead atoms. The van der Waals surface area contributed by atoms with E-state index >= 15 is 0 Å². The highest BCUT2D eigenvalue weighted by atomic mass is 15.2. The summed E-state index contributed by atoms with van der Waals surface area (Å²) in [6, 6.07) is 10.3. The number of rotatable bonds is 7. The van der Waals surface area contributed by atoms with Crippen LogP contribution in [0.1, 0.15) is 25.3 Å². The third-order valence-electron chi connectivity index (χ3n) is 3.67. The third-order valence-corrected chi connectivity index (χ3v) is 3.67. The van der Waals surface area contributed by atoms with Crippen LogP contribution in [0, 0.1) is 0 Å². The van der Waals surface area contributed by atoms with Crippen molar-refractivity contribution in [2.45, 2.75) is 26.3 Å². The summed E-state index contributed by atoms with van der Waals surface area (Å²) in [5, 5.41) is 0. The maximum atomic E-state index is 6.30. The molecule has 0 aliphatic rings. The molecule has 0 fully saturated rings. The zero-order valence-corrected chi connectivity index (χ0v) is 13.7. The average Bonchev–Trinajstić information content (AvgIpc) is 2.53. The number of anilines is 3. The van der Waals surface area contributed by atoms with Gasteiger partial charge in [0.2, 0.25) is 0 Å². The van der Waals surface area contributed by atoms with Crippen molar-refractivity contribution in [2.24, 2.45) is 0 Å². The first kappa shape index (κ1) is 16.1. The predicted molar refractivity (Wildman–Crippen MR) is 93.2 cm³/mol. The first-order valence-corrected chi connectivity index (χ1v) is 7.70. The van der Waals surface area contributed by atoms with Gasteiger partial charge in [-0.3, -0.25) is 0 Å². The van der Waals surface area contributed by atoms with E-state index in [2.05, 4.69) is 38.8 Å². The van der Waals surface area contributed by atoms with E-state index in [9.17, 15) is 0 Å². The molecule has 5 heteroatoms. The van der Waals surface area contributed by atoms with Crippen molar-refractivity contribution in [1.29, 1.82) is 0 Å². The summed E-state index contributed by atoms with van der Waals surface area (Å²) in [6.45, 7) is 3.88. The summed E-state index contributed by atoms with van der Waals surface area (Å²) in [7, 11) is 4.02. The van der Waals surface area contributed by atoms with Crippen LogP contribution in [0.3, 0.4) is 0 Å². The van der Waals surface area contributed by atoms with Gasteiger partial charge in [0, 0.05) is 27.2 Å². The fraction of sp³-hybridized carbons (Fsp3) is 0.412. The molecule has 5 nitrogen and oxygen atoms in total. The van der Waals surface area contributed by atoms with Crippen molar-refractivity contribution in [3.05, 3.63) is 42.2 Å². The van der Waals surface area contributed by atoms with Gasteiger partial charge in [-0.25, -0.2) is 9.97 Å². The van der Waals surface area contributed by atoms with Gasteiger partial charge in [-0.15, -0.1) is 0 Å². The summed E-state index contributed by atoms with van der Waals surface area (Å²) in [5.41, 5.74) is 8.17. The van der Waals surface area contributed by atoms with Gasteiger partial charge >= 0.3 is 0 Å². The number of aromatic nitrogens is 2. The molecule has 0 amide bonds. The Morgan fingerprint density at radius 3 is 2.27 bits per heavy atom. The number of nitrogen functional groups attached to an aromatic ring is 1. The molecule has 0 atom stereocenters. The van der Waals surface area contributed by atoms with Crippen LogP contribution < -0.4 is 15.5 Å². The van der Waals surface area contributed by atoms with Gasteiger partial charge in [0.15, 0.2) is 11.6 Å². The van der Waals surface area contributed by atoms with Gasteiger partial charge in [0.25, 0.3) is 0 Å². The van der Waals surface area contributed by atoms with Gasteiger partial charge in [-0.2, -0.15) is 0 Å². The lowest BCUT2D eigenvalue weighted by molar-refractivity contribution is 0.758. The third kappa shape index (κ3) is 3.87. The highest BCUT2D eigenvalue weighted by molar-refractivity contribution is 5.75. The monoisotopic (exact) mass is 299 g/mol. The normalized spacial score (nSPS) is 10.5.